The van der Waals surface area contributed by atoms with Crippen molar-refractivity contribution in [2.24, 2.45) is 0 Å². The van der Waals surface area contributed by atoms with Gasteiger partial charge in [0.2, 0.25) is 0 Å². The lowest BCUT2D eigenvalue weighted by Crippen LogP contribution is -2.00. The fourth-order valence-corrected chi connectivity index (χ4v) is 2.35. The first-order valence-corrected chi connectivity index (χ1v) is 7.30. The molecule has 0 unspecified atom stereocenters. The molecule has 108 valence electrons. The van der Waals surface area contributed by atoms with Crippen LogP contribution in [0.1, 0.15) is 17.5 Å². The largest absolute Gasteiger partial charge is 0.252 e. The van der Waals surface area contributed by atoms with Gasteiger partial charge in [-0.15, -0.1) is 5.10 Å². The van der Waals surface area contributed by atoms with Gasteiger partial charge < -0.3 is 0 Å². The zero-order valence-electron chi connectivity index (χ0n) is 12.2. The third kappa shape index (κ3) is 3.39. The summed E-state index contributed by atoms with van der Waals surface area (Å²) in [5.41, 5.74) is 3.81. The molecule has 0 aliphatic rings. The topological polar surface area (TPSA) is 54.5 Å². The number of hydrogen-bond acceptors (Lipinski definition) is 3. The Morgan fingerprint density at radius 1 is 1.00 bits per heavy atom. The van der Waals surface area contributed by atoms with Crippen LogP contribution in [-0.2, 0) is 13.0 Å². The van der Waals surface area contributed by atoms with Crippen LogP contribution in [0.25, 0.3) is 11.3 Å². The molecule has 0 atom stereocenters. The highest BCUT2D eigenvalue weighted by Gasteiger charge is 2.04. The van der Waals surface area contributed by atoms with Crippen molar-refractivity contribution >= 4 is 0 Å². The Kier molecular flexibility index (Phi) is 4.26. The van der Waals surface area contributed by atoms with Crippen LogP contribution in [0.2, 0.25) is 0 Å². The lowest BCUT2D eigenvalue weighted by atomic mass is 10.1. The Hall–Kier alpha value is -2.93. The van der Waals surface area contributed by atoms with E-state index in [2.05, 4.69) is 40.6 Å². The van der Waals surface area contributed by atoms with E-state index >= 15 is 0 Å². The molecule has 1 heterocycles. The first-order chi connectivity index (χ1) is 10.8. The van der Waals surface area contributed by atoms with Gasteiger partial charge in [0.05, 0.1) is 17.8 Å². The molecule has 4 nitrogen and oxygen atoms in total. The van der Waals surface area contributed by atoms with E-state index in [4.69, 9.17) is 5.26 Å². The molecule has 0 aliphatic heterocycles. The van der Waals surface area contributed by atoms with Crippen LogP contribution in [0, 0.1) is 11.3 Å². The van der Waals surface area contributed by atoms with Crippen LogP contribution < -0.4 is 0 Å². The summed E-state index contributed by atoms with van der Waals surface area (Å²) >= 11 is 0. The number of aryl methyl sites for hydroxylation is 2. The third-order valence-corrected chi connectivity index (χ3v) is 3.54. The predicted molar refractivity (Wildman–Crippen MR) is 84.9 cm³/mol. The number of aromatic nitrogens is 3. The van der Waals surface area contributed by atoms with Gasteiger partial charge in [0.15, 0.2) is 0 Å². The van der Waals surface area contributed by atoms with E-state index < -0.39 is 0 Å². The van der Waals surface area contributed by atoms with E-state index in [0.717, 1.165) is 30.6 Å². The predicted octanol–water partition coefficient (Wildman–Crippen LogP) is 3.45. The quantitative estimate of drug-likeness (QED) is 0.722. The minimum absolute atomic E-state index is 0.652. The molecule has 3 rings (SSSR count). The minimum atomic E-state index is 0.652. The minimum Gasteiger partial charge on any atom is -0.252 e. The van der Waals surface area contributed by atoms with Crippen LogP contribution in [0.3, 0.4) is 0 Å². The molecular formula is C18H16N4. The summed E-state index contributed by atoms with van der Waals surface area (Å²) in [4.78, 5) is 0. The summed E-state index contributed by atoms with van der Waals surface area (Å²) in [6.07, 6.45) is 4.01. The standard InChI is InChI=1S/C18H16N4/c19-13-16-8-10-17(11-9-16)18-14-22(21-20-18)12-4-7-15-5-2-1-3-6-15/h1-3,5-6,8-11,14H,4,7,12H2. The van der Waals surface area contributed by atoms with E-state index in [0.29, 0.717) is 5.56 Å². The number of nitrogens with zero attached hydrogens (tertiary/aromatic N) is 4. The Labute approximate surface area is 129 Å². The second-order valence-electron chi connectivity index (χ2n) is 5.15. The van der Waals surface area contributed by atoms with Crippen LogP contribution in [-0.4, -0.2) is 15.0 Å². The summed E-state index contributed by atoms with van der Waals surface area (Å²) in [5.74, 6) is 0. The van der Waals surface area contributed by atoms with E-state index in [1.807, 2.05) is 29.1 Å². The molecule has 0 radical (unpaired) electrons. The van der Waals surface area contributed by atoms with Crippen molar-refractivity contribution in [3.8, 4) is 17.3 Å². The smallest absolute Gasteiger partial charge is 0.113 e. The number of benzene rings is 2. The van der Waals surface area contributed by atoms with Crippen molar-refractivity contribution in [2.45, 2.75) is 19.4 Å². The van der Waals surface area contributed by atoms with Gasteiger partial charge in [-0.2, -0.15) is 5.26 Å². The van der Waals surface area contributed by atoms with E-state index in [1.54, 1.807) is 12.1 Å². The van der Waals surface area contributed by atoms with Crippen molar-refractivity contribution < 1.29 is 0 Å². The Balaban J connectivity index is 1.60. The Bertz CT molecular complexity index is 767. The molecule has 0 aliphatic carbocycles. The Morgan fingerprint density at radius 2 is 1.77 bits per heavy atom. The van der Waals surface area contributed by atoms with Crippen LogP contribution >= 0.6 is 0 Å². The average molecular weight is 288 g/mol. The Morgan fingerprint density at radius 3 is 2.50 bits per heavy atom. The lowest BCUT2D eigenvalue weighted by molar-refractivity contribution is 0.559. The summed E-state index contributed by atoms with van der Waals surface area (Å²) in [6, 6.07) is 19.9. The molecule has 4 heteroatoms. The van der Waals surface area contributed by atoms with Gasteiger partial charge in [-0.05, 0) is 30.5 Å². The van der Waals surface area contributed by atoms with Gasteiger partial charge in [-0.25, -0.2) is 0 Å². The van der Waals surface area contributed by atoms with Crippen molar-refractivity contribution in [3.05, 3.63) is 71.9 Å². The average Bonchev–Trinajstić information content (AvgIpc) is 3.05. The summed E-state index contributed by atoms with van der Waals surface area (Å²) in [7, 11) is 0. The molecule has 2 aromatic carbocycles. The molecule has 0 spiro atoms. The van der Waals surface area contributed by atoms with Crippen LogP contribution in [0.4, 0.5) is 0 Å². The second-order valence-corrected chi connectivity index (χ2v) is 5.15. The van der Waals surface area contributed by atoms with Gasteiger partial charge in [-0.3, -0.25) is 4.68 Å². The van der Waals surface area contributed by atoms with E-state index in [9.17, 15) is 0 Å². The van der Waals surface area contributed by atoms with Crippen molar-refractivity contribution in [1.82, 2.24) is 15.0 Å². The highest BCUT2D eigenvalue weighted by atomic mass is 15.4. The number of nitriles is 1. The molecular weight excluding hydrogens is 272 g/mol. The zero-order valence-corrected chi connectivity index (χ0v) is 12.2. The second kappa shape index (κ2) is 6.68. The van der Waals surface area contributed by atoms with Crippen LogP contribution in [0.5, 0.6) is 0 Å². The maximum absolute atomic E-state index is 8.81. The van der Waals surface area contributed by atoms with Gasteiger partial charge in [0.1, 0.15) is 5.69 Å². The summed E-state index contributed by atoms with van der Waals surface area (Å²) < 4.78 is 1.87. The highest BCUT2D eigenvalue weighted by molar-refractivity contribution is 5.58. The summed E-state index contributed by atoms with van der Waals surface area (Å²) in [6.45, 7) is 0.845. The first-order valence-electron chi connectivity index (χ1n) is 7.30. The molecule has 1 aromatic heterocycles. The van der Waals surface area contributed by atoms with Gasteiger partial charge in [-0.1, -0.05) is 47.7 Å². The highest BCUT2D eigenvalue weighted by Crippen LogP contribution is 2.16. The van der Waals surface area contributed by atoms with Crippen LogP contribution in [0.15, 0.2) is 60.8 Å². The van der Waals surface area contributed by atoms with Gasteiger partial charge >= 0.3 is 0 Å². The maximum atomic E-state index is 8.81. The SMILES string of the molecule is N#Cc1ccc(-c2cn(CCCc3ccccc3)nn2)cc1. The van der Waals surface area contributed by atoms with Crippen molar-refractivity contribution in [3.63, 3.8) is 0 Å². The molecule has 22 heavy (non-hydrogen) atoms. The fourth-order valence-electron chi connectivity index (χ4n) is 2.35. The monoisotopic (exact) mass is 288 g/mol. The number of hydrogen-bond donors (Lipinski definition) is 0. The van der Waals surface area contributed by atoms with Crippen molar-refractivity contribution in [1.29, 1.82) is 5.26 Å². The van der Waals surface area contributed by atoms with E-state index in [-0.39, 0.29) is 0 Å². The molecule has 0 saturated carbocycles. The first kappa shape index (κ1) is 14.0. The molecule has 0 bridgehead atoms. The molecule has 0 saturated heterocycles. The van der Waals surface area contributed by atoms with E-state index in [1.165, 1.54) is 5.56 Å². The normalized spacial score (nSPS) is 10.3. The number of rotatable bonds is 5. The van der Waals surface area contributed by atoms with Gasteiger partial charge in [0, 0.05) is 12.1 Å². The summed E-state index contributed by atoms with van der Waals surface area (Å²) in [5, 5.41) is 17.2. The maximum Gasteiger partial charge on any atom is 0.113 e. The third-order valence-electron chi connectivity index (χ3n) is 3.54. The molecule has 0 fully saturated rings. The zero-order chi connectivity index (χ0) is 15.2. The van der Waals surface area contributed by atoms with Gasteiger partial charge in [0.25, 0.3) is 0 Å². The van der Waals surface area contributed by atoms with Crippen molar-refractivity contribution in [2.75, 3.05) is 0 Å². The lowest BCUT2D eigenvalue weighted by Gasteiger charge is -2.01. The fraction of sp³-hybridized carbons (Fsp3) is 0.167. The molecule has 0 amide bonds. The molecule has 3 aromatic rings. The molecule has 0 N–H and O–H groups in total.